The third-order valence-corrected chi connectivity index (χ3v) is 4.50. The zero-order chi connectivity index (χ0) is 15.9. The molecule has 0 aliphatic rings. The minimum absolute atomic E-state index is 0.269. The number of benzene rings is 1. The van der Waals surface area contributed by atoms with Crippen molar-refractivity contribution in [3.05, 3.63) is 50.3 Å². The lowest BCUT2D eigenvalue weighted by atomic mass is 10.1. The van der Waals surface area contributed by atoms with Crippen molar-refractivity contribution in [2.45, 2.75) is 26.4 Å². The lowest BCUT2D eigenvalue weighted by Crippen LogP contribution is -2.26. The first kappa shape index (κ1) is 14.9. The van der Waals surface area contributed by atoms with Crippen LogP contribution in [0.4, 0.5) is 0 Å². The maximum Gasteiger partial charge on any atom is 0.296 e. The quantitative estimate of drug-likeness (QED) is 0.735. The summed E-state index contributed by atoms with van der Waals surface area (Å²) in [6.45, 7) is 5.37. The summed E-state index contributed by atoms with van der Waals surface area (Å²) in [5.74, 6) is 0.670. The number of hydrogen-bond acceptors (Lipinski definition) is 6. The number of nitrogens with zero attached hydrogens (tertiary/aromatic N) is 4. The Hall–Kier alpha value is -1.99. The minimum Gasteiger partial charge on any atom is -0.481 e. The van der Waals surface area contributed by atoms with Crippen molar-refractivity contribution < 1.29 is 4.74 Å². The van der Waals surface area contributed by atoms with E-state index in [1.807, 2.05) is 13.8 Å². The predicted octanol–water partition coefficient (Wildman–Crippen LogP) is 2.82. The molecule has 0 unspecified atom stereocenters. The summed E-state index contributed by atoms with van der Waals surface area (Å²) in [6, 6.07) is 7.08. The van der Waals surface area contributed by atoms with Gasteiger partial charge in [0, 0.05) is 5.02 Å². The van der Waals surface area contributed by atoms with Crippen molar-refractivity contribution in [2.24, 2.45) is 0 Å². The SMILES string of the molecule is Cc1nnc2sc(C(C)(C)Oc3ccc(Cl)cc3)nn2c1=O. The number of ether oxygens (including phenoxy) is 1. The van der Waals surface area contributed by atoms with E-state index in [9.17, 15) is 4.79 Å². The standard InChI is InChI=1S/C14H13ClN4O2S/c1-8-11(20)19-13(17-16-8)22-12(18-19)14(2,3)21-10-6-4-9(15)5-7-10/h4-7H,1-3H3. The summed E-state index contributed by atoms with van der Waals surface area (Å²) < 4.78 is 7.23. The molecule has 22 heavy (non-hydrogen) atoms. The number of fused-ring (bicyclic) bond motifs is 1. The molecule has 3 aromatic rings. The van der Waals surface area contributed by atoms with Gasteiger partial charge >= 0.3 is 0 Å². The number of rotatable bonds is 3. The van der Waals surface area contributed by atoms with Gasteiger partial charge in [-0.2, -0.15) is 9.61 Å². The third kappa shape index (κ3) is 2.69. The monoisotopic (exact) mass is 336 g/mol. The van der Waals surface area contributed by atoms with Gasteiger partial charge in [-0.15, -0.1) is 10.2 Å². The van der Waals surface area contributed by atoms with Gasteiger partial charge < -0.3 is 4.74 Å². The summed E-state index contributed by atoms with van der Waals surface area (Å²) in [5.41, 5.74) is -0.674. The van der Waals surface area contributed by atoms with E-state index in [0.29, 0.717) is 26.4 Å². The smallest absolute Gasteiger partial charge is 0.296 e. The maximum atomic E-state index is 12.0. The van der Waals surface area contributed by atoms with Crippen LogP contribution in [-0.2, 0) is 5.60 Å². The van der Waals surface area contributed by atoms with Crippen LogP contribution in [0, 0.1) is 6.92 Å². The van der Waals surface area contributed by atoms with Gasteiger partial charge in [-0.05, 0) is 45.0 Å². The van der Waals surface area contributed by atoms with E-state index in [4.69, 9.17) is 16.3 Å². The summed E-state index contributed by atoms with van der Waals surface area (Å²) in [7, 11) is 0. The maximum absolute atomic E-state index is 12.0. The molecule has 2 heterocycles. The van der Waals surface area contributed by atoms with Gasteiger partial charge in [0.1, 0.15) is 11.4 Å². The molecular weight excluding hydrogens is 324 g/mol. The molecule has 0 N–H and O–H groups in total. The molecule has 6 nitrogen and oxygen atoms in total. The highest BCUT2D eigenvalue weighted by molar-refractivity contribution is 7.16. The van der Waals surface area contributed by atoms with Crippen LogP contribution in [0.15, 0.2) is 29.1 Å². The number of halogens is 1. The lowest BCUT2D eigenvalue weighted by molar-refractivity contribution is 0.107. The van der Waals surface area contributed by atoms with Gasteiger partial charge in [-0.3, -0.25) is 4.79 Å². The Balaban J connectivity index is 1.99. The van der Waals surface area contributed by atoms with Crippen molar-refractivity contribution in [3.63, 3.8) is 0 Å². The molecular formula is C14H13ClN4O2S. The van der Waals surface area contributed by atoms with E-state index in [1.54, 1.807) is 31.2 Å². The van der Waals surface area contributed by atoms with Crippen LogP contribution in [0.5, 0.6) is 5.75 Å². The second-order valence-corrected chi connectivity index (χ2v) is 6.65. The van der Waals surface area contributed by atoms with Crippen LogP contribution in [0.1, 0.15) is 24.5 Å². The molecule has 1 aromatic carbocycles. The molecule has 114 valence electrons. The van der Waals surface area contributed by atoms with E-state index >= 15 is 0 Å². The van der Waals surface area contributed by atoms with E-state index in [2.05, 4.69) is 15.3 Å². The van der Waals surface area contributed by atoms with Crippen molar-refractivity contribution in [2.75, 3.05) is 0 Å². The van der Waals surface area contributed by atoms with Gasteiger partial charge in [0.15, 0.2) is 10.6 Å². The zero-order valence-electron chi connectivity index (χ0n) is 12.2. The second kappa shape index (κ2) is 5.33. The first-order valence-electron chi connectivity index (χ1n) is 6.55. The summed E-state index contributed by atoms with van der Waals surface area (Å²) in [4.78, 5) is 12.5. The fraction of sp³-hybridized carbons (Fsp3) is 0.286. The molecule has 8 heteroatoms. The normalized spacial score (nSPS) is 11.8. The Bertz CT molecular complexity index is 886. The highest BCUT2D eigenvalue weighted by Gasteiger charge is 2.28. The molecule has 0 aliphatic carbocycles. The molecule has 0 fully saturated rings. The highest BCUT2D eigenvalue weighted by atomic mass is 35.5. The van der Waals surface area contributed by atoms with Crippen molar-refractivity contribution >= 4 is 27.9 Å². The molecule has 0 aliphatic heterocycles. The van der Waals surface area contributed by atoms with Gasteiger partial charge in [-0.1, -0.05) is 22.9 Å². The van der Waals surface area contributed by atoms with Crippen LogP contribution in [0.3, 0.4) is 0 Å². The lowest BCUT2D eigenvalue weighted by Gasteiger charge is -2.23. The molecule has 2 aromatic heterocycles. The average molecular weight is 337 g/mol. The first-order valence-corrected chi connectivity index (χ1v) is 7.74. The number of aryl methyl sites for hydroxylation is 1. The Labute approximate surface area is 135 Å². The van der Waals surface area contributed by atoms with Gasteiger partial charge in [0.2, 0.25) is 4.96 Å². The first-order chi connectivity index (χ1) is 10.4. The van der Waals surface area contributed by atoms with Gasteiger partial charge in [-0.25, -0.2) is 0 Å². The number of hydrogen-bond donors (Lipinski definition) is 0. The van der Waals surface area contributed by atoms with Crippen LogP contribution >= 0.6 is 22.9 Å². The van der Waals surface area contributed by atoms with E-state index in [-0.39, 0.29) is 5.56 Å². The zero-order valence-corrected chi connectivity index (χ0v) is 13.8. The summed E-state index contributed by atoms with van der Waals surface area (Å²) in [6.07, 6.45) is 0. The molecule has 0 saturated heterocycles. The van der Waals surface area contributed by atoms with E-state index in [1.165, 1.54) is 15.9 Å². The molecule has 3 rings (SSSR count). The third-order valence-electron chi connectivity index (χ3n) is 3.05. The topological polar surface area (TPSA) is 69.4 Å². The summed E-state index contributed by atoms with van der Waals surface area (Å²) >= 11 is 7.14. The van der Waals surface area contributed by atoms with Crippen LogP contribution in [-0.4, -0.2) is 19.8 Å². The Morgan fingerprint density at radius 1 is 1.23 bits per heavy atom. The van der Waals surface area contributed by atoms with Crippen LogP contribution in [0.2, 0.25) is 5.02 Å². The molecule has 0 radical (unpaired) electrons. The largest absolute Gasteiger partial charge is 0.481 e. The molecule has 0 spiro atoms. The Morgan fingerprint density at radius 2 is 1.91 bits per heavy atom. The second-order valence-electron chi connectivity index (χ2n) is 5.26. The van der Waals surface area contributed by atoms with Crippen molar-refractivity contribution in [1.29, 1.82) is 0 Å². The van der Waals surface area contributed by atoms with E-state index < -0.39 is 5.60 Å². The fourth-order valence-corrected chi connectivity index (χ4v) is 2.88. The van der Waals surface area contributed by atoms with Gasteiger partial charge in [0.25, 0.3) is 5.56 Å². The molecule has 0 saturated carbocycles. The molecule has 0 bridgehead atoms. The molecule has 0 amide bonds. The van der Waals surface area contributed by atoms with E-state index in [0.717, 1.165) is 0 Å². The van der Waals surface area contributed by atoms with Crippen LogP contribution in [0.25, 0.3) is 4.96 Å². The summed E-state index contributed by atoms with van der Waals surface area (Å²) in [5, 5.41) is 13.4. The number of aromatic nitrogens is 4. The fourth-order valence-electron chi connectivity index (χ4n) is 1.88. The predicted molar refractivity (Wildman–Crippen MR) is 84.8 cm³/mol. The average Bonchev–Trinajstić information content (AvgIpc) is 2.91. The van der Waals surface area contributed by atoms with Gasteiger partial charge in [0.05, 0.1) is 0 Å². The minimum atomic E-state index is -0.716. The molecule has 0 atom stereocenters. The van der Waals surface area contributed by atoms with Crippen molar-refractivity contribution in [3.8, 4) is 5.75 Å². The highest BCUT2D eigenvalue weighted by Crippen LogP contribution is 2.30. The van der Waals surface area contributed by atoms with Crippen LogP contribution < -0.4 is 10.3 Å². The van der Waals surface area contributed by atoms with Crippen molar-refractivity contribution in [1.82, 2.24) is 19.8 Å². The Kier molecular flexibility index (Phi) is 3.62. The Morgan fingerprint density at radius 3 is 2.59 bits per heavy atom.